The van der Waals surface area contributed by atoms with E-state index in [1.54, 1.807) is 12.1 Å². The number of fused-ring (bicyclic) bond motifs is 3. The van der Waals surface area contributed by atoms with Gasteiger partial charge in [-0.25, -0.2) is 0 Å². The van der Waals surface area contributed by atoms with Gasteiger partial charge in [-0.1, -0.05) is 30.3 Å². The van der Waals surface area contributed by atoms with Crippen LogP contribution in [0.15, 0.2) is 48.5 Å². The van der Waals surface area contributed by atoms with E-state index in [9.17, 15) is 9.59 Å². The van der Waals surface area contributed by atoms with Gasteiger partial charge in [0.15, 0.2) is 0 Å². The van der Waals surface area contributed by atoms with Crippen molar-refractivity contribution in [2.45, 2.75) is 39.3 Å². The Labute approximate surface area is 175 Å². The molecule has 0 fully saturated rings. The third kappa shape index (κ3) is 3.71. The molecule has 1 aliphatic heterocycles. The number of esters is 2. The Balaban J connectivity index is 1.69. The van der Waals surface area contributed by atoms with Gasteiger partial charge in [-0.15, -0.1) is 0 Å². The summed E-state index contributed by atoms with van der Waals surface area (Å²) in [6, 6.07) is 14.8. The lowest BCUT2D eigenvalue weighted by Gasteiger charge is -2.30. The fourth-order valence-corrected chi connectivity index (χ4v) is 3.78. The van der Waals surface area contributed by atoms with Crippen LogP contribution in [0.4, 0.5) is 0 Å². The van der Waals surface area contributed by atoms with Crippen molar-refractivity contribution in [1.29, 1.82) is 0 Å². The summed E-state index contributed by atoms with van der Waals surface area (Å²) in [6.07, 6.45) is 0.559. The number of hydrogen-bond acceptors (Lipinski definition) is 5. The Morgan fingerprint density at radius 2 is 1.73 bits per heavy atom. The van der Waals surface area contributed by atoms with E-state index in [4.69, 9.17) is 9.47 Å². The molecule has 4 rings (SSSR count). The second-order valence-corrected chi connectivity index (χ2v) is 8.65. The summed E-state index contributed by atoms with van der Waals surface area (Å²) in [5, 5.41) is 4.52. The number of nitrogens with one attached hydrogen (secondary N) is 2. The van der Waals surface area contributed by atoms with Gasteiger partial charge in [0.1, 0.15) is 11.8 Å². The standard InChI is InChI=1S/C24H26N2O4/c1-24(2,3)23(28)30-15-11-9-14(10-12-15)20-21-17(13-19(26-20)22(27)29-4)16-7-5-6-8-18(16)25-21/h5-12,19-20,25-26H,13H2,1-4H3/t19-,20?/m1/s1. The smallest absolute Gasteiger partial charge is 0.323 e. The number of carbonyl (C=O) groups is 2. The predicted molar refractivity (Wildman–Crippen MR) is 114 cm³/mol. The molecule has 1 aliphatic rings. The van der Waals surface area contributed by atoms with Crippen LogP contribution < -0.4 is 10.1 Å². The monoisotopic (exact) mass is 406 g/mol. The van der Waals surface area contributed by atoms with Crippen molar-refractivity contribution in [3.8, 4) is 5.75 Å². The number of carbonyl (C=O) groups excluding carboxylic acids is 2. The van der Waals surface area contributed by atoms with Gasteiger partial charge in [0.25, 0.3) is 0 Å². The van der Waals surface area contributed by atoms with E-state index >= 15 is 0 Å². The zero-order chi connectivity index (χ0) is 21.5. The van der Waals surface area contributed by atoms with Crippen LogP contribution in [0.1, 0.15) is 43.6 Å². The topological polar surface area (TPSA) is 80.4 Å². The molecule has 2 atom stereocenters. The predicted octanol–water partition coefficient (Wildman–Crippen LogP) is 3.90. The normalized spacial score (nSPS) is 18.7. The maximum Gasteiger partial charge on any atom is 0.323 e. The SMILES string of the molecule is COC(=O)[C@H]1Cc2c([nH]c3ccccc23)C(c2ccc(OC(=O)C(C)(C)C)cc2)N1. The quantitative estimate of drug-likeness (QED) is 0.509. The molecule has 0 aliphatic carbocycles. The highest BCUT2D eigenvalue weighted by molar-refractivity contribution is 5.87. The minimum absolute atomic E-state index is 0.211. The van der Waals surface area contributed by atoms with Gasteiger partial charge in [0, 0.05) is 23.0 Å². The van der Waals surface area contributed by atoms with Crippen molar-refractivity contribution in [2.75, 3.05) is 7.11 Å². The number of rotatable bonds is 3. The second-order valence-electron chi connectivity index (χ2n) is 8.65. The van der Waals surface area contributed by atoms with Gasteiger partial charge in [-0.2, -0.15) is 0 Å². The average molecular weight is 406 g/mol. The van der Waals surface area contributed by atoms with Crippen molar-refractivity contribution in [3.63, 3.8) is 0 Å². The van der Waals surface area contributed by atoms with Gasteiger partial charge in [-0.05, 0) is 50.1 Å². The molecule has 1 aromatic heterocycles. The number of ether oxygens (including phenoxy) is 2. The Morgan fingerprint density at radius 3 is 2.40 bits per heavy atom. The number of para-hydroxylation sites is 1. The highest BCUT2D eigenvalue weighted by atomic mass is 16.5. The maximum absolute atomic E-state index is 12.3. The summed E-state index contributed by atoms with van der Waals surface area (Å²) in [6.45, 7) is 5.46. The van der Waals surface area contributed by atoms with E-state index in [2.05, 4.69) is 16.4 Å². The number of methoxy groups -OCH3 is 1. The Bertz CT molecular complexity index is 1090. The molecule has 0 spiro atoms. The second kappa shape index (κ2) is 7.61. The molecule has 3 aromatic rings. The van der Waals surface area contributed by atoms with Crippen LogP contribution >= 0.6 is 0 Å². The number of aromatic nitrogens is 1. The van der Waals surface area contributed by atoms with E-state index < -0.39 is 11.5 Å². The van der Waals surface area contributed by atoms with E-state index in [1.807, 2.05) is 51.1 Å². The fraction of sp³-hybridized carbons (Fsp3) is 0.333. The molecule has 0 bridgehead atoms. The van der Waals surface area contributed by atoms with Crippen LogP contribution in [-0.4, -0.2) is 30.1 Å². The molecule has 156 valence electrons. The van der Waals surface area contributed by atoms with Crippen molar-refractivity contribution < 1.29 is 19.1 Å². The van der Waals surface area contributed by atoms with Crippen LogP contribution in [0, 0.1) is 5.41 Å². The Kier molecular flexibility index (Phi) is 5.12. The number of benzene rings is 2. The summed E-state index contributed by atoms with van der Waals surface area (Å²) in [7, 11) is 1.40. The molecule has 2 aromatic carbocycles. The molecule has 0 amide bonds. The lowest BCUT2D eigenvalue weighted by molar-refractivity contribution is -0.144. The molecular formula is C24H26N2O4. The van der Waals surface area contributed by atoms with Crippen molar-refractivity contribution >= 4 is 22.8 Å². The largest absolute Gasteiger partial charge is 0.468 e. The molecule has 2 N–H and O–H groups in total. The zero-order valence-electron chi connectivity index (χ0n) is 17.6. The van der Waals surface area contributed by atoms with Crippen molar-refractivity contribution in [3.05, 3.63) is 65.4 Å². The fourth-order valence-electron chi connectivity index (χ4n) is 3.78. The summed E-state index contributed by atoms with van der Waals surface area (Å²) in [4.78, 5) is 28.0. The van der Waals surface area contributed by atoms with Crippen LogP contribution in [0.5, 0.6) is 5.75 Å². The molecular weight excluding hydrogens is 380 g/mol. The van der Waals surface area contributed by atoms with E-state index in [0.717, 1.165) is 27.7 Å². The molecule has 0 saturated heterocycles. The minimum atomic E-state index is -0.573. The average Bonchev–Trinajstić information content (AvgIpc) is 3.11. The van der Waals surface area contributed by atoms with Gasteiger partial charge in [0.05, 0.1) is 18.6 Å². The zero-order valence-corrected chi connectivity index (χ0v) is 17.6. The summed E-state index contributed by atoms with van der Waals surface area (Å²) in [5.41, 5.74) is 3.59. The van der Waals surface area contributed by atoms with Gasteiger partial charge in [0.2, 0.25) is 0 Å². The molecule has 2 heterocycles. The van der Waals surface area contributed by atoms with Crippen LogP contribution in [0.3, 0.4) is 0 Å². The first-order valence-electron chi connectivity index (χ1n) is 10.0. The molecule has 0 radical (unpaired) electrons. The first-order chi connectivity index (χ1) is 14.3. The Morgan fingerprint density at radius 1 is 1.03 bits per heavy atom. The summed E-state index contributed by atoms with van der Waals surface area (Å²) < 4.78 is 10.5. The van der Waals surface area contributed by atoms with Crippen LogP contribution in [-0.2, 0) is 20.7 Å². The Hall–Kier alpha value is -3.12. The number of hydrogen-bond donors (Lipinski definition) is 2. The molecule has 0 saturated carbocycles. The summed E-state index contributed by atoms with van der Waals surface area (Å²) >= 11 is 0. The summed E-state index contributed by atoms with van der Waals surface area (Å²) in [5.74, 6) is -0.0720. The van der Waals surface area contributed by atoms with Crippen LogP contribution in [0.25, 0.3) is 10.9 Å². The highest BCUT2D eigenvalue weighted by Gasteiger charge is 2.34. The first kappa shape index (κ1) is 20.2. The first-order valence-corrected chi connectivity index (χ1v) is 10.0. The molecule has 30 heavy (non-hydrogen) atoms. The van der Waals surface area contributed by atoms with Gasteiger partial charge < -0.3 is 14.5 Å². The highest BCUT2D eigenvalue weighted by Crippen LogP contribution is 2.36. The van der Waals surface area contributed by atoms with Crippen molar-refractivity contribution in [1.82, 2.24) is 10.3 Å². The third-order valence-corrected chi connectivity index (χ3v) is 5.43. The van der Waals surface area contributed by atoms with Crippen molar-refractivity contribution in [2.24, 2.45) is 5.41 Å². The third-order valence-electron chi connectivity index (χ3n) is 5.43. The minimum Gasteiger partial charge on any atom is -0.468 e. The van der Waals surface area contributed by atoms with E-state index in [0.29, 0.717) is 12.2 Å². The van der Waals surface area contributed by atoms with Gasteiger partial charge >= 0.3 is 11.9 Å². The molecule has 6 heteroatoms. The lowest BCUT2D eigenvalue weighted by atomic mass is 9.90. The van der Waals surface area contributed by atoms with E-state index in [-0.39, 0.29) is 18.0 Å². The van der Waals surface area contributed by atoms with Gasteiger partial charge in [-0.3, -0.25) is 14.9 Å². The van der Waals surface area contributed by atoms with Crippen LogP contribution in [0.2, 0.25) is 0 Å². The maximum atomic E-state index is 12.3. The molecule has 6 nitrogen and oxygen atoms in total. The van der Waals surface area contributed by atoms with E-state index in [1.165, 1.54) is 7.11 Å². The number of H-pyrrole nitrogens is 1. The number of aromatic amines is 1. The lowest BCUT2D eigenvalue weighted by Crippen LogP contribution is -2.45. The molecule has 1 unspecified atom stereocenters.